The summed E-state index contributed by atoms with van der Waals surface area (Å²) >= 11 is 0. The Morgan fingerprint density at radius 3 is 2.39 bits per heavy atom. The molecule has 1 N–H and O–H groups in total. The Labute approximate surface area is 189 Å². The first-order chi connectivity index (χ1) is 15.7. The predicted octanol–water partition coefficient (Wildman–Crippen LogP) is 4.18. The zero-order chi connectivity index (χ0) is 23.3. The van der Waals surface area contributed by atoms with Gasteiger partial charge in [-0.15, -0.1) is 0 Å². The van der Waals surface area contributed by atoms with Crippen molar-refractivity contribution in [2.75, 3.05) is 11.6 Å². The summed E-state index contributed by atoms with van der Waals surface area (Å²) in [6.45, 7) is 0.511. The molecule has 1 aromatic heterocycles. The summed E-state index contributed by atoms with van der Waals surface area (Å²) in [6.07, 6.45) is -0.978. The van der Waals surface area contributed by atoms with Crippen LogP contribution in [0.4, 0.5) is 13.2 Å². The van der Waals surface area contributed by atoms with Gasteiger partial charge in [-0.3, -0.25) is 19.3 Å². The van der Waals surface area contributed by atoms with Gasteiger partial charge in [-0.05, 0) is 49.5 Å². The molecule has 3 aliphatic rings. The predicted molar refractivity (Wildman–Crippen MR) is 115 cm³/mol. The third-order valence-electron chi connectivity index (χ3n) is 7.05. The molecule has 176 valence electrons. The standard InChI is InChI=1S/C24H26F3N3O3/c25-24(26,27)12-10-17-8-9-19-28(14-15-6-7-15)23(33)21-22(32)18(31)11-13-29(21)30(19)20(17)16-4-2-1-3-5-16/h1-5,11,13,15,17,19-20,32H,6-10,12,14H2. The fraction of sp³-hybridized carbons (Fsp3) is 0.500. The SMILES string of the molecule is O=C1c2c(O)c(=O)ccn2N2C(c3ccccc3)C(CCC(F)(F)F)CCC2N1CC1CC1. The number of hydrogen-bond acceptors (Lipinski definition) is 4. The molecule has 6 nitrogen and oxygen atoms in total. The highest BCUT2D eigenvalue weighted by Crippen LogP contribution is 2.45. The lowest BCUT2D eigenvalue weighted by Crippen LogP contribution is -2.65. The zero-order valence-electron chi connectivity index (χ0n) is 18.0. The van der Waals surface area contributed by atoms with E-state index in [4.69, 9.17) is 0 Å². The van der Waals surface area contributed by atoms with Crippen LogP contribution in [0.25, 0.3) is 0 Å². The smallest absolute Gasteiger partial charge is 0.389 e. The first-order valence-corrected chi connectivity index (χ1v) is 11.4. The average Bonchev–Trinajstić information content (AvgIpc) is 3.61. The second kappa shape index (κ2) is 8.11. The van der Waals surface area contributed by atoms with Gasteiger partial charge < -0.3 is 10.0 Å². The Balaban J connectivity index is 1.63. The lowest BCUT2D eigenvalue weighted by molar-refractivity contribution is -0.138. The Hall–Kier alpha value is -2.97. The Morgan fingerprint density at radius 2 is 1.73 bits per heavy atom. The van der Waals surface area contributed by atoms with Crippen LogP contribution in [0.3, 0.4) is 0 Å². The minimum absolute atomic E-state index is 0.0373. The number of piperidine rings is 1. The molecule has 0 spiro atoms. The van der Waals surface area contributed by atoms with Gasteiger partial charge in [-0.1, -0.05) is 30.3 Å². The molecule has 33 heavy (non-hydrogen) atoms. The Morgan fingerprint density at radius 1 is 1.00 bits per heavy atom. The lowest BCUT2D eigenvalue weighted by atomic mass is 9.81. The largest absolute Gasteiger partial charge is 0.502 e. The number of carbonyl (C=O) groups is 1. The van der Waals surface area contributed by atoms with Crippen LogP contribution in [-0.4, -0.2) is 39.5 Å². The van der Waals surface area contributed by atoms with Gasteiger partial charge >= 0.3 is 6.18 Å². The number of benzene rings is 1. The Kier molecular flexibility index (Phi) is 5.37. The molecule has 1 saturated heterocycles. The van der Waals surface area contributed by atoms with Crippen molar-refractivity contribution in [3.8, 4) is 5.75 Å². The monoisotopic (exact) mass is 461 g/mol. The van der Waals surface area contributed by atoms with Gasteiger partial charge in [0.1, 0.15) is 6.17 Å². The van der Waals surface area contributed by atoms with Crippen LogP contribution in [0.15, 0.2) is 47.4 Å². The molecule has 2 aliphatic heterocycles. The van der Waals surface area contributed by atoms with Crippen molar-refractivity contribution in [3.05, 3.63) is 64.1 Å². The van der Waals surface area contributed by atoms with Crippen LogP contribution in [0, 0.1) is 11.8 Å². The van der Waals surface area contributed by atoms with Crippen molar-refractivity contribution in [1.29, 1.82) is 0 Å². The second-order valence-corrected chi connectivity index (χ2v) is 9.33. The van der Waals surface area contributed by atoms with Gasteiger partial charge in [0.25, 0.3) is 5.91 Å². The molecule has 2 fully saturated rings. The molecule has 3 heterocycles. The number of pyridine rings is 1. The molecular formula is C24H26F3N3O3. The molecule has 2 aromatic rings. The highest BCUT2D eigenvalue weighted by molar-refractivity contribution is 5.96. The molecule has 3 atom stereocenters. The van der Waals surface area contributed by atoms with E-state index >= 15 is 0 Å². The lowest BCUT2D eigenvalue weighted by Gasteiger charge is -2.55. The van der Waals surface area contributed by atoms with Crippen molar-refractivity contribution in [3.63, 3.8) is 0 Å². The van der Waals surface area contributed by atoms with Crippen LogP contribution < -0.4 is 10.4 Å². The average molecular weight is 461 g/mol. The summed E-state index contributed by atoms with van der Waals surface area (Å²) in [5, 5.41) is 12.5. The van der Waals surface area contributed by atoms with Gasteiger partial charge in [-0.25, -0.2) is 0 Å². The first kappa shape index (κ1) is 21.9. The van der Waals surface area contributed by atoms with Crippen molar-refractivity contribution >= 4 is 5.91 Å². The summed E-state index contributed by atoms with van der Waals surface area (Å²) < 4.78 is 40.9. The molecule has 9 heteroatoms. The number of alkyl halides is 3. The van der Waals surface area contributed by atoms with Crippen molar-refractivity contribution in [2.45, 2.75) is 56.9 Å². The third kappa shape index (κ3) is 4.09. The summed E-state index contributed by atoms with van der Waals surface area (Å²) in [5.74, 6) is -0.960. The summed E-state index contributed by atoms with van der Waals surface area (Å²) in [7, 11) is 0. The minimum atomic E-state index is -4.26. The molecular weight excluding hydrogens is 435 g/mol. The number of hydrogen-bond donors (Lipinski definition) is 1. The fourth-order valence-electron chi connectivity index (χ4n) is 5.32. The molecule has 1 saturated carbocycles. The van der Waals surface area contributed by atoms with E-state index in [1.165, 1.54) is 16.9 Å². The molecule has 0 radical (unpaired) electrons. The van der Waals surface area contributed by atoms with E-state index in [9.17, 15) is 27.9 Å². The van der Waals surface area contributed by atoms with Crippen LogP contribution in [0.2, 0.25) is 0 Å². The van der Waals surface area contributed by atoms with E-state index in [-0.39, 0.29) is 24.2 Å². The van der Waals surface area contributed by atoms with E-state index in [0.717, 1.165) is 18.4 Å². The number of rotatable bonds is 5. The number of halogens is 3. The van der Waals surface area contributed by atoms with E-state index in [1.54, 1.807) is 4.90 Å². The first-order valence-electron chi connectivity index (χ1n) is 11.4. The second-order valence-electron chi connectivity index (χ2n) is 9.33. The number of aromatic nitrogens is 1. The van der Waals surface area contributed by atoms with Crippen molar-refractivity contribution < 1.29 is 23.1 Å². The maximum atomic E-state index is 13.4. The van der Waals surface area contributed by atoms with E-state index in [2.05, 4.69) is 0 Å². The number of nitrogens with zero attached hydrogens (tertiary/aromatic N) is 3. The number of carbonyl (C=O) groups excluding carboxylic acids is 1. The van der Waals surface area contributed by atoms with Gasteiger partial charge in [0, 0.05) is 25.2 Å². The van der Waals surface area contributed by atoms with Crippen LogP contribution in [0.5, 0.6) is 5.75 Å². The molecule has 1 aromatic carbocycles. The van der Waals surface area contributed by atoms with Crippen molar-refractivity contribution in [2.24, 2.45) is 11.8 Å². The highest BCUT2D eigenvalue weighted by atomic mass is 19.4. The summed E-state index contributed by atoms with van der Waals surface area (Å²) in [4.78, 5) is 27.3. The zero-order valence-corrected chi connectivity index (χ0v) is 18.0. The maximum absolute atomic E-state index is 13.4. The van der Waals surface area contributed by atoms with Gasteiger partial charge in [0.2, 0.25) is 5.43 Å². The van der Waals surface area contributed by atoms with Crippen LogP contribution >= 0.6 is 0 Å². The topological polar surface area (TPSA) is 65.8 Å². The molecule has 1 amide bonds. The maximum Gasteiger partial charge on any atom is 0.389 e. The molecule has 0 bridgehead atoms. The van der Waals surface area contributed by atoms with Gasteiger partial charge in [-0.2, -0.15) is 13.2 Å². The van der Waals surface area contributed by atoms with Gasteiger partial charge in [0.05, 0.1) is 6.04 Å². The number of aromatic hydroxyl groups is 1. The van der Waals surface area contributed by atoms with Crippen molar-refractivity contribution in [1.82, 2.24) is 9.58 Å². The summed E-state index contributed by atoms with van der Waals surface area (Å²) in [6, 6.07) is 10.1. The number of fused-ring (bicyclic) bond motifs is 3. The quantitative estimate of drug-likeness (QED) is 0.726. The van der Waals surface area contributed by atoms with Crippen LogP contribution in [-0.2, 0) is 0 Å². The molecule has 1 aliphatic carbocycles. The normalized spacial score (nSPS) is 25.1. The van der Waals surface area contributed by atoms with E-state index in [1.807, 2.05) is 35.3 Å². The van der Waals surface area contributed by atoms with E-state index < -0.39 is 35.7 Å². The highest BCUT2D eigenvalue weighted by Gasteiger charge is 2.49. The fourth-order valence-corrected chi connectivity index (χ4v) is 5.32. The van der Waals surface area contributed by atoms with Crippen LogP contribution in [0.1, 0.15) is 60.6 Å². The van der Waals surface area contributed by atoms with E-state index in [0.29, 0.717) is 25.3 Å². The molecule has 3 unspecified atom stereocenters. The molecule has 5 rings (SSSR count). The Bertz CT molecular complexity index is 1100. The minimum Gasteiger partial charge on any atom is -0.502 e. The summed E-state index contributed by atoms with van der Waals surface area (Å²) in [5.41, 5.74) is 0.0809. The van der Waals surface area contributed by atoms with Gasteiger partial charge in [0.15, 0.2) is 11.4 Å². The number of amides is 1. The third-order valence-corrected chi connectivity index (χ3v) is 7.05.